The van der Waals surface area contributed by atoms with Crippen LogP contribution in [0, 0.1) is 0 Å². The molecule has 29 heavy (non-hydrogen) atoms. The van der Waals surface area contributed by atoms with E-state index in [-0.39, 0.29) is 11.8 Å². The second kappa shape index (κ2) is 8.39. The van der Waals surface area contributed by atoms with Crippen LogP contribution in [0.2, 0.25) is 0 Å². The molecule has 0 radical (unpaired) electrons. The minimum absolute atomic E-state index is 0.198. The highest BCUT2D eigenvalue weighted by Crippen LogP contribution is 2.24. The fourth-order valence-electron chi connectivity index (χ4n) is 2.63. The maximum absolute atomic E-state index is 12.4. The van der Waals surface area contributed by atoms with Gasteiger partial charge in [0.25, 0.3) is 11.8 Å². The van der Waals surface area contributed by atoms with Gasteiger partial charge in [-0.3, -0.25) is 14.3 Å². The molecule has 0 atom stereocenters. The van der Waals surface area contributed by atoms with Gasteiger partial charge >= 0.3 is 0 Å². The summed E-state index contributed by atoms with van der Waals surface area (Å²) in [4.78, 5) is 24.4. The first-order valence-corrected chi connectivity index (χ1v) is 9.02. The lowest BCUT2D eigenvalue weighted by molar-refractivity contribution is -0.112. The number of amides is 2. The van der Waals surface area contributed by atoms with Crippen LogP contribution in [0.3, 0.4) is 0 Å². The average Bonchev–Trinajstić information content (AvgIpc) is 3.08. The van der Waals surface area contributed by atoms with Gasteiger partial charge in [0.15, 0.2) is 0 Å². The van der Waals surface area contributed by atoms with Crippen molar-refractivity contribution in [3.05, 3.63) is 90.5 Å². The molecule has 0 aliphatic rings. The fraction of sp³-hybridized carbons (Fsp3) is 0.0870. The summed E-state index contributed by atoms with van der Waals surface area (Å²) >= 11 is 0. The highest BCUT2D eigenvalue weighted by atomic mass is 16.2. The maximum Gasteiger partial charge on any atom is 0.256 e. The molecule has 1 heterocycles. The van der Waals surface area contributed by atoms with Crippen molar-refractivity contribution in [1.29, 1.82) is 0 Å². The van der Waals surface area contributed by atoms with Gasteiger partial charge in [0, 0.05) is 35.5 Å². The molecular formula is C23H22N4O2. The molecule has 0 fully saturated rings. The molecule has 0 spiro atoms. The molecule has 2 N–H and O–H groups in total. The van der Waals surface area contributed by atoms with Crippen LogP contribution in [0.5, 0.6) is 0 Å². The van der Waals surface area contributed by atoms with E-state index < -0.39 is 0 Å². The molecule has 2 aromatic carbocycles. The molecular weight excluding hydrogens is 364 g/mol. The summed E-state index contributed by atoms with van der Waals surface area (Å²) in [5.74, 6) is 0.105. The first-order chi connectivity index (χ1) is 13.8. The Labute approximate surface area is 169 Å². The van der Waals surface area contributed by atoms with Crippen molar-refractivity contribution in [2.75, 3.05) is 10.6 Å². The second-order valence-corrected chi connectivity index (χ2v) is 6.65. The third-order valence-electron chi connectivity index (χ3n) is 4.39. The van der Waals surface area contributed by atoms with Crippen molar-refractivity contribution in [2.45, 2.75) is 6.92 Å². The Morgan fingerprint density at radius 2 is 1.62 bits per heavy atom. The molecule has 6 heteroatoms. The van der Waals surface area contributed by atoms with Crippen LogP contribution in [0.15, 0.2) is 85.0 Å². The van der Waals surface area contributed by atoms with Crippen LogP contribution in [-0.2, 0) is 11.8 Å². The summed E-state index contributed by atoms with van der Waals surface area (Å²) in [7, 11) is 1.77. The number of carbonyl (C=O) groups is 2. The Balaban J connectivity index is 1.72. The van der Waals surface area contributed by atoms with E-state index in [9.17, 15) is 9.59 Å². The standard InChI is InChI=1S/C23H22N4O2/c1-15(2)16(3)22(28)24-19-12-10-17(11-13-19)20-14-21(27(4)26-20)25-23(29)18-8-6-5-7-9-18/h5-14H,1,3H2,2,4H3,(H,24,28)(H,25,29). The van der Waals surface area contributed by atoms with Crippen molar-refractivity contribution in [2.24, 2.45) is 7.05 Å². The van der Waals surface area contributed by atoms with Crippen LogP contribution in [-0.4, -0.2) is 21.6 Å². The summed E-state index contributed by atoms with van der Waals surface area (Å²) in [6.45, 7) is 9.17. The summed E-state index contributed by atoms with van der Waals surface area (Å²) < 4.78 is 1.61. The van der Waals surface area contributed by atoms with Crippen molar-refractivity contribution >= 4 is 23.3 Å². The van der Waals surface area contributed by atoms with Crippen molar-refractivity contribution in [3.63, 3.8) is 0 Å². The number of anilines is 2. The Morgan fingerprint density at radius 1 is 0.966 bits per heavy atom. The van der Waals surface area contributed by atoms with E-state index in [1.54, 1.807) is 49.0 Å². The number of aryl methyl sites for hydroxylation is 1. The van der Waals surface area contributed by atoms with Gasteiger partial charge in [0.2, 0.25) is 0 Å². The van der Waals surface area contributed by atoms with Crippen LogP contribution in [0.4, 0.5) is 11.5 Å². The predicted octanol–water partition coefficient (Wildman–Crippen LogP) is 4.41. The zero-order chi connectivity index (χ0) is 21.0. The Morgan fingerprint density at radius 3 is 2.24 bits per heavy atom. The minimum atomic E-state index is -0.283. The van der Waals surface area contributed by atoms with E-state index >= 15 is 0 Å². The van der Waals surface area contributed by atoms with Crippen LogP contribution >= 0.6 is 0 Å². The van der Waals surface area contributed by atoms with Gasteiger partial charge in [-0.2, -0.15) is 5.10 Å². The van der Waals surface area contributed by atoms with Crippen LogP contribution in [0.1, 0.15) is 17.3 Å². The molecule has 146 valence electrons. The Hall–Kier alpha value is -3.93. The molecule has 3 aromatic rings. The van der Waals surface area contributed by atoms with Gasteiger partial charge in [0.05, 0.1) is 5.69 Å². The van der Waals surface area contributed by atoms with E-state index in [0.29, 0.717) is 33.9 Å². The molecule has 0 bridgehead atoms. The zero-order valence-electron chi connectivity index (χ0n) is 16.4. The number of benzene rings is 2. The smallest absolute Gasteiger partial charge is 0.256 e. The monoisotopic (exact) mass is 386 g/mol. The van der Waals surface area contributed by atoms with E-state index in [4.69, 9.17) is 0 Å². The molecule has 6 nitrogen and oxygen atoms in total. The summed E-state index contributed by atoms with van der Waals surface area (Å²) in [6, 6.07) is 18.1. The zero-order valence-corrected chi connectivity index (χ0v) is 16.4. The highest BCUT2D eigenvalue weighted by Gasteiger charge is 2.12. The lowest BCUT2D eigenvalue weighted by atomic mass is 10.1. The van der Waals surface area contributed by atoms with Gasteiger partial charge in [-0.25, -0.2) is 0 Å². The van der Waals surface area contributed by atoms with Crippen molar-refractivity contribution in [3.8, 4) is 11.3 Å². The predicted molar refractivity (Wildman–Crippen MR) is 116 cm³/mol. The summed E-state index contributed by atoms with van der Waals surface area (Å²) in [5, 5.41) is 10.1. The Kier molecular flexibility index (Phi) is 5.74. The molecule has 1 aromatic heterocycles. The van der Waals surface area contributed by atoms with E-state index in [0.717, 1.165) is 5.56 Å². The first kappa shape index (κ1) is 19.8. The fourth-order valence-corrected chi connectivity index (χ4v) is 2.63. The number of aromatic nitrogens is 2. The summed E-state index contributed by atoms with van der Waals surface area (Å²) in [5.41, 5.74) is 3.76. The maximum atomic E-state index is 12.4. The molecule has 0 aliphatic heterocycles. The minimum Gasteiger partial charge on any atom is -0.322 e. The molecule has 0 aliphatic carbocycles. The van der Waals surface area contributed by atoms with E-state index in [1.165, 1.54) is 0 Å². The number of hydrogen-bond donors (Lipinski definition) is 2. The molecule has 2 amide bonds. The number of nitrogens with one attached hydrogen (secondary N) is 2. The van der Waals surface area contributed by atoms with Gasteiger partial charge in [-0.1, -0.05) is 43.5 Å². The second-order valence-electron chi connectivity index (χ2n) is 6.65. The van der Waals surface area contributed by atoms with Crippen molar-refractivity contribution < 1.29 is 9.59 Å². The quantitative estimate of drug-likeness (QED) is 0.487. The van der Waals surface area contributed by atoms with Crippen LogP contribution < -0.4 is 10.6 Å². The van der Waals surface area contributed by atoms with Gasteiger partial charge < -0.3 is 10.6 Å². The summed E-state index contributed by atoms with van der Waals surface area (Å²) in [6.07, 6.45) is 0. The molecule has 3 rings (SSSR count). The van der Waals surface area contributed by atoms with Gasteiger partial charge in [-0.05, 0) is 36.8 Å². The van der Waals surface area contributed by atoms with Gasteiger partial charge in [-0.15, -0.1) is 0 Å². The van der Waals surface area contributed by atoms with Crippen molar-refractivity contribution in [1.82, 2.24) is 9.78 Å². The number of nitrogens with zero attached hydrogens (tertiary/aromatic N) is 2. The number of rotatable bonds is 6. The molecule has 0 unspecified atom stereocenters. The van der Waals surface area contributed by atoms with Crippen LogP contribution in [0.25, 0.3) is 11.3 Å². The normalized spacial score (nSPS) is 10.3. The van der Waals surface area contributed by atoms with E-state index in [2.05, 4.69) is 28.9 Å². The lowest BCUT2D eigenvalue weighted by Crippen LogP contribution is -2.14. The average molecular weight is 386 g/mol. The first-order valence-electron chi connectivity index (χ1n) is 9.02. The third kappa shape index (κ3) is 4.68. The Bertz CT molecular complexity index is 1080. The largest absolute Gasteiger partial charge is 0.322 e. The number of hydrogen-bond acceptors (Lipinski definition) is 3. The highest BCUT2D eigenvalue weighted by molar-refractivity contribution is 6.06. The third-order valence-corrected chi connectivity index (χ3v) is 4.39. The lowest BCUT2D eigenvalue weighted by Gasteiger charge is -2.07. The SMILES string of the molecule is C=C(C)C(=C)C(=O)Nc1ccc(-c2cc(NC(=O)c3ccccc3)n(C)n2)cc1. The topological polar surface area (TPSA) is 76.0 Å². The number of carbonyl (C=O) groups excluding carboxylic acids is 2. The molecule has 0 saturated carbocycles. The molecule has 0 saturated heterocycles. The van der Waals surface area contributed by atoms with E-state index in [1.807, 2.05) is 30.3 Å². The van der Waals surface area contributed by atoms with Gasteiger partial charge in [0.1, 0.15) is 5.82 Å².